The molecule has 0 fully saturated rings. The Labute approximate surface area is 169 Å². The number of nitrogens with zero attached hydrogens (tertiary/aromatic N) is 3. The van der Waals surface area contributed by atoms with E-state index in [0.29, 0.717) is 17.7 Å². The molecule has 0 amide bonds. The SMILES string of the molecule is CCCCCCCSc1nc2c(c(=O)[nH]c(=O)n2C)n1Cc1cccc(C)c1. The van der Waals surface area contributed by atoms with Crippen LogP contribution in [-0.4, -0.2) is 24.9 Å². The molecule has 0 radical (unpaired) electrons. The van der Waals surface area contributed by atoms with Gasteiger partial charge >= 0.3 is 5.69 Å². The lowest BCUT2D eigenvalue weighted by atomic mass is 10.1. The third-order valence-corrected chi connectivity index (χ3v) is 5.94. The van der Waals surface area contributed by atoms with Gasteiger partial charge in [-0.1, -0.05) is 74.2 Å². The fraction of sp³-hybridized carbons (Fsp3) is 0.476. The Morgan fingerprint density at radius 1 is 1.14 bits per heavy atom. The minimum absolute atomic E-state index is 0.381. The van der Waals surface area contributed by atoms with E-state index >= 15 is 0 Å². The van der Waals surface area contributed by atoms with E-state index in [9.17, 15) is 9.59 Å². The summed E-state index contributed by atoms with van der Waals surface area (Å²) in [5, 5.41) is 0.790. The van der Waals surface area contributed by atoms with E-state index in [1.54, 1.807) is 18.8 Å². The molecule has 0 atom stereocenters. The van der Waals surface area contributed by atoms with Crippen molar-refractivity contribution in [2.24, 2.45) is 7.05 Å². The Morgan fingerprint density at radius 2 is 1.93 bits per heavy atom. The highest BCUT2D eigenvalue weighted by molar-refractivity contribution is 7.99. The quantitative estimate of drug-likeness (QED) is 0.437. The van der Waals surface area contributed by atoms with Crippen molar-refractivity contribution in [3.63, 3.8) is 0 Å². The van der Waals surface area contributed by atoms with Gasteiger partial charge < -0.3 is 4.57 Å². The van der Waals surface area contributed by atoms with Crippen molar-refractivity contribution in [3.05, 3.63) is 56.2 Å². The number of imidazole rings is 1. The number of hydrogen-bond acceptors (Lipinski definition) is 4. The Bertz CT molecular complexity index is 1060. The van der Waals surface area contributed by atoms with Gasteiger partial charge in [0, 0.05) is 12.8 Å². The zero-order valence-corrected chi connectivity index (χ0v) is 17.6. The van der Waals surface area contributed by atoms with Crippen LogP contribution in [0.15, 0.2) is 39.0 Å². The van der Waals surface area contributed by atoms with E-state index in [2.05, 4.69) is 35.9 Å². The second-order valence-corrected chi connectivity index (χ2v) is 8.28. The van der Waals surface area contributed by atoms with Crippen LogP contribution in [0.4, 0.5) is 0 Å². The molecule has 1 aromatic carbocycles. The Morgan fingerprint density at radius 3 is 2.68 bits per heavy atom. The van der Waals surface area contributed by atoms with Gasteiger partial charge in [-0.25, -0.2) is 9.78 Å². The molecular weight excluding hydrogens is 372 g/mol. The number of rotatable bonds is 9. The molecule has 0 aliphatic heterocycles. The molecule has 3 aromatic rings. The molecule has 0 aliphatic rings. The minimum Gasteiger partial charge on any atom is -0.309 e. The number of H-pyrrole nitrogens is 1. The van der Waals surface area contributed by atoms with Crippen LogP contribution in [0.5, 0.6) is 0 Å². The van der Waals surface area contributed by atoms with E-state index < -0.39 is 5.69 Å². The molecule has 3 rings (SSSR count). The maximum atomic E-state index is 12.6. The number of aryl methyl sites for hydroxylation is 2. The van der Waals surface area contributed by atoms with Gasteiger partial charge in [0.1, 0.15) is 0 Å². The van der Waals surface area contributed by atoms with Gasteiger partial charge in [-0.2, -0.15) is 0 Å². The average molecular weight is 401 g/mol. The number of fused-ring (bicyclic) bond motifs is 1. The maximum Gasteiger partial charge on any atom is 0.329 e. The first-order chi connectivity index (χ1) is 13.5. The Hall–Kier alpha value is -2.28. The first-order valence-electron chi connectivity index (χ1n) is 9.89. The van der Waals surface area contributed by atoms with Crippen molar-refractivity contribution in [2.75, 3.05) is 5.75 Å². The summed E-state index contributed by atoms with van der Waals surface area (Å²) in [7, 11) is 1.64. The standard InChI is InChI=1S/C21H28N4O2S/c1-4-5-6-7-8-12-28-21-22-18-17(19(26)23-20(27)24(18)3)25(21)14-16-11-9-10-15(2)13-16/h9-11,13H,4-8,12,14H2,1-3H3,(H,23,26,27). The number of nitrogens with one attached hydrogen (secondary N) is 1. The first kappa shape index (κ1) is 20.5. The topological polar surface area (TPSA) is 72.7 Å². The lowest BCUT2D eigenvalue weighted by Crippen LogP contribution is -2.29. The molecule has 0 bridgehead atoms. The molecule has 0 aliphatic carbocycles. The van der Waals surface area contributed by atoms with Crippen molar-refractivity contribution in [1.29, 1.82) is 0 Å². The van der Waals surface area contributed by atoms with Crippen molar-refractivity contribution in [1.82, 2.24) is 19.1 Å². The fourth-order valence-corrected chi connectivity index (χ4v) is 4.33. The fourth-order valence-electron chi connectivity index (χ4n) is 3.33. The van der Waals surface area contributed by atoms with Crippen molar-refractivity contribution < 1.29 is 0 Å². The zero-order chi connectivity index (χ0) is 20.1. The summed E-state index contributed by atoms with van der Waals surface area (Å²) in [6.07, 6.45) is 6.08. The van der Waals surface area contributed by atoms with E-state index in [4.69, 9.17) is 0 Å². The molecular formula is C21H28N4O2S. The van der Waals surface area contributed by atoms with Gasteiger partial charge in [0.2, 0.25) is 0 Å². The maximum absolute atomic E-state index is 12.6. The smallest absolute Gasteiger partial charge is 0.309 e. The van der Waals surface area contributed by atoms with Crippen LogP contribution in [0.25, 0.3) is 11.2 Å². The second-order valence-electron chi connectivity index (χ2n) is 7.22. The van der Waals surface area contributed by atoms with Crippen LogP contribution in [-0.2, 0) is 13.6 Å². The van der Waals surface area contributed by atoms with Crippen LogP contribution in [0, 0.1) is 6.92 Å². The molecule has 1 N–H and O–H groups in total. The normalized spacial score (nSPS) is 11.4. The van der Waals surface area contributed by atoms with Crippen molar-refractivity contribution in [3.8, 4) is 0 Å². The monoisotopic (exact) mass is 400 g/mol. The van der Waals surface area contributed by atoms with Gasteiger partial charge in [0.25, 0.3) is 5.56 Å². The molecule has 150 valence electrons. The highest BCUT2D eigenvalue weighted by atomic mass is 32.2. The first-order valence-corrected chi connectivity index (χ1v) is 10.9. The number of benzene rings is 1. The summed E-state index contributed by atoms with van der Waals surface area (Å²) in [5.41, 5.74) is 2.36. The van der Waals surface area contributed by atoms with Crippen molar-refractivity contribution >= 4 is 22.9 Å². The molecule has 0 unspecified atom stereocenters. The molecule has 7 heteroatoms. The molecule has 6 nitrogen and oxygen atoms in total. The molecule has 0 saturated carbocycles. The van der Waals surface area contributed by atoms with Crippen LogP contribution < -0.4 is 11.2 Å². The van der Waals surface area contributed by atoms with Gasteiger partial charge in [0.05, 0.1) is 6.54 Å². The van der Waals surface area contributed by atoms with E-state index in [1.807, 2.05) is 16.7 Å². The van der Waals surface area contributed by atoms with Crippen molar-refractivity contribution in [2.45, 2.75) is 57.7 Å². The van der Waals surface area contributed by atoms with Gasteiger partial charge in [-0.05, 0) is 18.9 Å². The summed E-state index contributed by atoms with van der Waals surface area (Å²) >= 11 is 1.66. The number of thioether (sulfide) groups is 1. The molecule has 0 saturated heterocycles. The summed E-state index contributed by atoms with van der Waals surface area (Å²) in [6.45, 7) is 4.82. The number of hydrogen-bond donors (Lipinski definition) is 1. The third-order valence-electron chi connectivity index (χ3n) is 4.87. The van der Waals surface area contributed by atoms with Gasteiger partial charge in [-0.15, -0.1) is 0 Å². The minimum atomic E-state index is -0.436. The predicted octanol–water partition coefficient (Wildman–Crippen LogP) is 3.84. The molecule has 2 heterocycles. The van der Waals surface area contributed by atoms with Gasteiger partial charge in [-0.3, -0.25) is 14.3 Å². The van der Waals surface area contributed by atoms with E-state index in [-0.39, 0.29) is 5.56 Å². The summed E-state index contributed by atoms with van der Waals surface area (Å²) in [5.74, 6) is 0.951. The summed E-state index contributed by atoms with van der Waals surface area (Å²) in [6, 6.07) is 8.23. The van der Waals surface area contributed by atoms with E-state index in [1.165, 1.54) is 35.8 Å². The molecule has 28 heavy (non-hydrogen) atoms. The Kier molecular flexibility index (Phi) is 6.78. The lowest BCUT2D eigenvalue weighted by molar-refractivity contribution is 0.658. The molecule has 0 spiro atoms. The lowest BCUT2D eigenvalue weighted by Gasteiger charge is -2.09. The zero-order valence-electron chi connectivity index (χ0n) is 16.8. The number of aromatic amines is 1. The second kappa shape index (κ2) is 9.28. The summed E-state index contributed by atoms with van der Waals surface area (Å²) < 4.78 is 3.36. The Balaban J connectivity index is 1.94. The third kappa shape index (κ3) is 4.58. The van der Waals surface area contributed by atoms with Crippen LogP contribution >= 0.6 is 11.8 Å². The van der Waals surface area contributed by atoms with Crippen LogP contribution in [0.3, 0.4) is 0 Å². The average Bonchev–Trinajstić information content (AvgIpc) is 3.02. The number of aromatic nitrogens is 4. The van der Waals surface area contributed by atoms with Crippen LogP contribution in [0.1, 0.15) is 50.2 Å². The largest absolute Gasteiger partial charge is 0.329 e. The highest BCUT2D eigenvalue weighted by Gasteiger charge is 2.18. The molecule has 2 aromatic heterocycles. The number of unbranched alkanes of at least 4 members (excludes halogenated alkanes) is 4. The highest BCUT2D eigenvalue weighted by Crippen LogP contribution is 2.24. The van der Waals surface area contributed by atoms with Crippen LogP contribution in [0.2, 0.25) is 0 Å². The van der Waals surface area contributed by atoms with Gasteiger partial charge in [0.15, 0.2) is 16.3 Å². The van der Waals surface area contributed by atoms with E-state index in [0.717, 1.165) is 22.9 Å². The summed E-state index contributed by atoms with van der Waals surface area (Å²) in [4.78, 5) is 31.6. The predicted molar refractivity (Wildman–Crippen MR) is 115 cm³/mol.